The van der Waals surface area contributed by atoms with Crippen LogP contribution in [0.5, 0.6) is 0 Å². The Hall–Kier alpha value is -1.10. The monoisotopic (exact) mass is 243 g/mol. The summed E-state index contributed by atoms with van der Waals surface area (Å²) >= 11 is 0. The van der Waals surface area contributed by atoms with Crippen molar-refractivity contribution in [2.24, 2.45) is 5.41 Å². The molecule has 1 saturated carbocycles. The second-order valence-corrected chi connectivity index (χ2v) is 5.52. The highest BCUT2D eigenvalue weighted by Gasteiger charge is 2.37. The van der Waals surface area contributed by atoms with E-state index in [4.69, 9.17) is 5.11 Å². The molecule has 5 nitrogen and oxygen atoms in total. The lowest BCUT2D eigenvalue weighted by molar-refractivity contribution is -0.143. The quantitative estimate of drug-likeness (QED) is 0.670. The van der Waals surface area contributed by atoms with Crippen molar-refractivity contribution < 1.29 is 19.8 Å². The highest BCUT2D eigenvalue weighted by molar-refractivity contribution is 5.82. The minimum absolute atomic E-state index is 0.0201. The Bertz CT molecular complexity index is 306. The fraction of sp³-hybridized carbons (Fsp3) is 0.833. The van der Waals surface area contributed by atoms with Gasteiger partial charge in [0.2, 0.25) is 5.91 Å². The van der Waals surface area contributed by atoms with Crippen LogP contribution in [0.15, 0.2) is 0 Å². The Labute approximate surface area is 101 Å². The second-order valence-electron chi connectivity index (χ2n) is 5.52. The number of carboxylic acids is 1. The van der Waals surface area contributed by atoms with Crippen LogP contribution in [0.2, 0.25) is 0 Å². The van der Waals surface area contributed by atoms with Crippen LogP contribution < -0.4 is 5.32 Å². The predicted molar refractivity (Wildman–Crippen MR) is 62.5 cm³/mol. The molecule has 1 unspecified atom stereocenters. The SMILES string of the molecule is CC(O)(CNC(=O)C1(C)CCCC1)CC(=O)O. The van der Waals surface area contributed by atoms with Crippen LogP contribution in [-0.4, -0.2) is 34.2 Å². The molecule has 1 aliphatic rings. The van der Waals surface area contributed by atoms with E-state index in [0.29, 0.717) is 0 Å². The molecule has 0 saturated heterocycles. The summed E-state index contributed by atoms with van der Waals surface area (Å²) in [6, 6.07) is 0. The normalized spacial score (nSPS) is 21.8. The van der Waals surface area contributed by atoms with Gasteiger partial charge in [0.15, 0.2) is 0 Å². The summed E-state index contributed by atoms with van der Waals surface area (Å²) in [6.07, 6.45) is 3.45. The van der Waals surface area contributed by atoms with Crippen molar-refractivity contribution in [1.82, 2.24) is 5.32 Å². The van der Waals surface area contributed by atoms with E-state index in [1.807, 2.05) is 6.92 Å². The average Bonchev–Trinajstić information content (AvgIpc) is 2.61. The molecular weight excluding hydrogens is 222 g/mol. The van der Waals surface area contributed by atoms with Crippen molar-refractivity contribution in [2.45, 2.75) is 51.6 Å². The van der Waals surface area contributed by atoms with Gasteiger partial charge in [-0.3, -0.25) is 9.59 Å². The number of carboxylic acid groups (broad SMARTS) is 1. The minimum atomic E-state index is -1.39. The minimum Gasteiger partial charge on any atom is -0.481 e. The Kier molecular flexibility index (Phi) is 4.14. The molecule has 3 N–H and O–H groups in total. The molecule has 0 heterocycles. The van der Waals surface area contributed by atoms with E-state index in [0.717, 1.165) is 25.7 Å². The molecule has 0 aromatic rings. The maximum absolute atomic E-state index is 11.9. The molecule has 0 aromatic heterocycles. The molecule has 0 aromatic carbocycles. The van der Waals surface area contributed by atoms with Gasteiger partial charge in [0.05, 0.1) is 12.0 Å². The Morgan fingerprint density at radius 3 is 2.35 bits per heavy atom. The molecule has 1 aliphatic carbocycles. The average molecular weight is 243 g/mol. The fourth-order valence-corrected chi connectivity index (χ4v) is 2.25. The number of carbonyl (C=O) groups is 2. The van der Waals surface area contributed by atoms with E-state index in [2.05, 4.69) is 5.32 Å². The number of carbonyl (C=O) groups excluding carboxylic acids is 1. The lowest BCUT2D eigenvalue weighted by atomic mass is 9.87. The van der Waals surface area contributed by atoms with E-state index in [1.54, 1.807) is 0 Å². The van der Waals surface area contributed by atoms with Gasteiger partial charge in [0.1, 0.15) is 0 Å². The molecular formula is C12H21NO4. The zero-order chi connectivity index (χ0) is 13.1. The summed E-state index contributed by atoms with van der Waals surface area (Å²) in [4.78, 5) is 22.4. The third-order valence-corrected chi connectivity index (χ3v) is 3.42. The number of aliphatic carboxylic acids is 1. The van der Waals surface area contributed by atoms with E-state index in [9.17, 15) is 14.7 Å². The van der Waals surface area contributed by atoms with Crippen LogP contribution in [0.4, 0.5) is 0 Å². The number of aliphatic hydroxyl groups is 1. The van der Waals surface area contributed by atoms with Crippen LogP contribution in [0.3, 0.4) is 0 Å². The maximum Gasteiger partial charge on any atom is 0.306 e. The second kappa shape index (κ2) is 5.04. The number of rotatable bonds is 5. The van der Waals surface area contributed by atoms with Crippen molar-refractivity contribution >= 4 is 11.9 Å². The number of amides is 1. The summed E-state index contributed by atoms with van der Waals surface area (Å²) in [6.45, 7) is 3.31. The molecule has 0 spiro atoms. The van der Waals surface area contributed by atoms with Crippen molar-refractivity contribution in [2.75, 3.05) is 6.54 Å². The highest BCUT2D eigenvalue weighted by Crippen LogP contribution is 2.37. The van der Waals surface area contributed by atoms with Crippen LogP contribution in [-0.2, 0) is 9.59 Å². The summed E-state index contributed by atoms with van der Waals surface area (Å²) in [5.41, 5.74) is -1.74. The lowest BCUT2D eigenvalue weighted by Gasteiger charge is -2.26. The zero-order valence-electron chi connectivity index (χ0n) is 10.5. The molecule has 0 radical (unpaired) electrons. The predicted octanol–water partition coefficient (Wildman–Crippen LogP) is 0.909. The summed E-state index contributed by atoms with van der Waals surface area (Å²) < 4.78 is 0. The molecule has 1 fully saturated rings. The molecule has 1 amide bonds. The van der Waals surface area contributed by atoms with Crippen LogP contribution in [0, 0.1) is 5.41 Å². The van der Waals surface area contributed by atoms with Gasteiger partial charge in [0, 0.05) is 12.0 Å². The van der Waals surface area contributed by atoms with Gasteiger partial charge >= 0.3 is 5.97 Å². The van der Waals surface area contributed by atoms with Gasteiger partial charge in [-0.05, 0) is 19.8 Å². The van der Waals surface area contributed by atoms with E-state index in [1.165, 1.54) is 6.92 Å². The molecule has 1 rings (SSSR count). The largest absolute Gasteiger partial charge is 0.481 e. The van der Waals surface area contributed by atoms with Gasteiger partial charge in [-0.15, -0.1) is 0 Å². The number of hydrogen-bond acceptors (Lipinski definition) is 3. The third kappa shape index (κ3) is 4.00. The standard InChI is InChI=1S/C12H21NO4/c1-11(5-3-4-6-11)10(16)13-8-12(2,17)7-9(14)15/h17H,3-8H2,1-2H3,(H,13,16)(H,14,15). The third-order valence-electron chi connectivity index (χ3n) is 3.42. The van der Waals surface area contributed by atoms with Crippen molar-refractivity contribution in [1.29, 1.82) is 0 Å². The highest BCUT2D eigenvalue weighted by atomic mass is 16.4. The van der Waals surface area contributed by atoms with Crippen LogP contribution >= 0.6 is 0 Å². The molecule has 1 atom stereocenters. The van der Waals surface area contributed by atoms with Gasteiger partial charge in [-0.25, -0.2) is 0 Å². The van der Waals surface area contributed by atoms with E-state index < -0.39 is 11.6 Å². The summed E-state index contributed by atoms with van der Waals surface area (Å²) in [5, 5.41) is 21.0. The van der Waals surface area contributed by atoms with Crippen molar-refractivity contribution in [3.05, 3.63) is 0 Å². The number of nitrogens with one attached hydrogen (secondary N) is 1. The fourth-order valence-electron chi connectivity index (χ4n) is 2.25. The molecule has 0 bridgehead atoms. The van der Waals surface area contributed by atoms with Crippen molar-refractivity contribution in [3.63, 3.8) is 0 Å². The maximum atomic E-state index is 11.9. The smallest absolute Gasteiger partial charge is 0.306 e. The first-order chi connectivity index (χ1) is 7.75. The zero-order valence-corrected chi connectivity index (χ0v) is 10.5. The topological polar surface area (TPSA) is 86.6 Å². The molecule has 98 valence electrons. The summed E-state index contributed by atoms with van der Waals surface area (Å²) in [5.74, 6) is -1.16. The summed E-state index contributed by atoms with van der Waals surface area (Å²) in [7, 11) is 0. The van der Waals surface area contributed by atoms with Crippen molar-refractivity contribution in [3.8, 4) is 0 Å². The first-order valence-corrected chi connectivity index (χ1v) is 5.98. The molecule has 0 aliphatic heterocycles. The Balaban J connectivity index is 2.44. The molecule has 5 heteroatoms. The number of hydrogen-bond donors (Lipinski definition) is 3. The van der Waals surface area contributed by atoms with Gasteiger partial charge < -0.3 is 15.5 Å². The Morgan fingerprint density at radius 1 is 1.35 bits per heavy atom. The molecule has 17 heavy (non-hydrogen) atoms. The van der Waals surface area contributed by atoms with E-state index >= 15 is 0 Å². The van der Waals surface area contributed by atoms with Crippen LogP contribution in [0.1, 0.15) is 46.0 Å². The Morgan fingerprint density at radius 2 is 1.88 bits per heavy atom. The van der Waals surface area contributed by atoms with E-state index in [-0.39, 0.29) is 24.3 Å². The lowest BCUT2D eigenvalue weighted by Crippen LogP contribution is -2.46. The first kappa shape index (κ1) is 14.0. The van der Waals surface area contributed by atoms with Crippen LogP contribution in [0.25, 0.3) is 0 Å². The van der Waals surface area contributed by atoms with Gasteiger partial charge in [-0.2, -0.15) is 0 Å². The van der Waals surface area contributed by atoms with Gasteiger partial charge in [0.25, 0.3) is 0 Å². The van der Waals surface area contributed by atoms with Gasteiger partial charge in [-0.1, -0.05) is 19.8 Å². The first-order valence-electron chi connectivity index (χ1n) is 5.98.